The van der Waals surface area contributed by atoms with Gasteiger partial charge in [-0.1, -0.05) is 11.6 Å². The zero-order chi connectivity index (χ0) is 10.1. The fourth-order valence-corrected chi connectivity index (χ4v) is 3.42. The third-order valence-electron chi connectivity index (χ3n) is 1.97. The molecule has 1 nitrogen and oxygen atoms in total. The number of carbonyl (C=O) groups excluding carboxylic acids is 1. The lowest BCUT2D eigenvalue weighted by Crippen LogP contribution is -1.80. The van der Waals surface area contributed by atoms with Crippen LogP contribution in [-0.2, 0) is 0 Å². The Morgan fingerprint density at radius 1 is 1.50 bits per heavy atom. The highest BCUT2D eigenvalue weighted by atomic mass is 35.5. The zero-order valence-electron chi connectivity index (χ0n) is 7.41. The quantitative estimate of drug-likeness (QED) is 0.583. The second-order valence-electron chi connectivity index (χ2n) is 2.80. The van der Waals surface area contributed by atoms with Crippen molar-refractivity contribution in [2.45, 2.75) is 4.90 Å². The molecule has 0 aliphatic rings. The predicted octanol–water partition coefficient (Wildman–Crippen LogP) is 4.09. The summed E-state index contributed by atoms with van der Waals surface area (Å²) in [5.41, 5.74) is 0.683. The van der Waals surface area contributed by atoms with Crippen LogP contribution in [0.2, 0.25) is 5.02 Å². The molecule has 0 bridgehead atoms. The largest absolute Gasteiger partial charge is 0.298 e. The maximum Gasteiger partial charge on any atom is 0.150 e. The molecule has 0 N–H and O–H groups in total. The number of rotatable bonds is 2. The monoisotopic (exact) mass is 242 g/mol. The van der Waals surface area contributed by atoms with Gasteiger partial charge in [0, 0.05) is 25.9 Å². The van der Waals surface area contributed by atoms with Gasteiger partial charge in [-0.3, -0.25) is 4.79 Å². The van der Waals surface area contributed by atoms with E-state index in [0.717, 1.165) is 26.3 Å². The van der Waals surface area contributed by atoms with Gasteiger partial charge in [0.2, 0.25) is 0 Å². The third kappa shape index (κ3) is 1.56. The van der Waals surface area contributed by atoms with Crippen LogP contribution in [-0.4, -0.2) is 12.5 Å². The van der Waals surface area contributed by atoms with Gasteiger partial charge in [0.05, 0.1) is 5.02 Å². The standard InChI is InChI=1S/C10H7ClOS2/c1-13-9-3-6(4-12)2-7-8(11)5-14-10(7)9/h2-5H,1H3. The summed E-state index contributed by atoms with van der Waals surface area (Å²) in [6, 6.07) is 3.73. The topological polar surface area (TPSA) is 17.1 Å². The summed E-state index contributed by atoms with van der Waals surface area (Å²) in [6.07, 6.45) is 2.85. The van der Waals surface area contributed by atoms with Gasteiger partial charge < -0.3 is 0 Å². The van der Waals surface area contributed by atoms with Crippen LogP contribution in [0.5, 0.6) is 0 Å². The Kier molecular flexibility index (Phi) is 2.81. The Labute approximate surface area is 95.1 Å². The van der Waals surface area contributed by atoms with Crippen molar-refractivity contribution in [3.05, 3.63) is 28.1 Å². The molecule has 0 amide bonds. The highest BCUT2D eigenvalue weighted by Crippen LogP contribution is 2.36. The van der Waals surface area contributed by atoms with Crippen LogP contribution in [0.4, 0.5) is 0 Å². The summed E-state index contributed by atoms with van der Waals surface area (Å²) in [5, 5.41) is 3.61. The molecule has 1 heterocycles. The third-order valence-corrected chi connectivity index (χ3v) is 4.33. The van der Waals surface area contributed by atoms with E-state index in [9.17, 15) is 4.79 Å². The molecule has 2 rings (SSSR count). The molecule has 0 aliphatic heterocycles. The van der Waals surface area contributed by atoms with E-state index in [2.05, 4.69) is 0 Å². The Morgan fingerprint density at radius 2 is 2.29 bits per heavy atom. The molecule has 0 aliphatic carbocycles. The van der Waals surface area contributed by atoms with Crippen molar-refractivity contribution in [3.63, 3.8) is 0 Å². The molecular weight excluding hydrogens is 236 g/mol. The fraction of sp³-hybridized carbons (Fsp3) is 0.100. The zero-order valence-corrected chi connectivity index (χ0v) is 9.80. The minimum absolute atomic E-state index is 0.683. The Hall–Kier alpha value is -0.510. The molecule has 0 unspecified atom stereocenters. The summed E-state index contributed by atoms with van der Waals surface area (Å²) in [5.74, 6) is 0. The molecule has 0 saturated carbocycles. The average Bonchev–Trinajstić information content (AvgIpc) is 2.59. The lowest BCUT2D eigenvalue weighted by Gasteiger charge is -2.00. The van der Waals surface area contributed by atoms with Gasteiger partial charge in [-0.2, -0.15) is 0 Å². The molecule has 1 aromatic carbocycles. The maximum atomic E-state index is 10.7. The summed E-state index contributed by atoms with van der Waals surface area (Å²) in [7, 11) is 0. The molecule has 4 heteroatoms. The number of hydrogen-bond donors (Lipinski definition) is 0. The van der Waals surface area contributed by atoms with Crippen LogP contribution in [0.3, 0.4) is 0 Å². The Balaban J connectivity index is 2.82. The van der Waals surface area contributed by atoms with Crippen LogP contribution in [0.15, 0.2) is 22.4 Å². The van der Waals surface area contributed by atoms with Crippen molar-refractivity contribution < 1.29 is 4.79 Å². The molecular formula is C10H7ClOS2. The van der Waals surface area contributed by atoms with Crippen molar-refractivity contribution >= 4 is 51.1 Å². The molecule has 14 heavy (non-hydrogen) atoms. The number of thiophene rings is 1. The van der Waals surface area contributed by atoms with Crippen molar-refractivity contribution in [3.8, 4) is 0 Å². The van der Waals surface area contributed by atoms with Crippen molar-refractivity contribution in [2.24, 2.45) is 0 Å². The van der Waals surface area contributed by atoms with Gasteiger partial charge in [0.1, 0.15) is 6.29 Å². The van der Waals surface area contributed by atoms with Crippen LogP contribution in [0, 0.1) is 0 Å². The SMILES string of the molecule is CSc1cc(C=O)cc2c(Cl)csc12. The van der Waals surface area contributed by atoms with E-state index >= 15 is 0 Å². The normalized spacial score (nSPS) is 10.7. The molecule has 0 fully saturated rings. The van der Waals surface area contributed by atoms with Crippen molar-refractivity contribution in [1.29, 1.82) is 0 Å². The van der Waals surface area contributed by atoms with Crippen LogP contribution < -0.4 is 0 Å². The molecule has 2 aromatic rings. The number of benzene rings is 1. The van der Waals surface area contributed by atoms with Crippen molar-refractivity contribution in [1.82, 2.24) is 0 Å². The first-order valence-electron chi connectivity index (χ1n) is 3.96. The van der Waals surface area contributed by atoms with Gasteiger partial charge in [-0.25, -0.2) is 0 Å². The molecule has 0 radical (unpaired) electrons. The summed E-state index contributed by atoms with van der Waals surface area (Å²) < 4.78 is 1.16. The number of fused-ring (bicyclic) bond motifs is 1. The van der Waals surface area contributed by atoms with E-state index in [1.807, 2.05) is 23.8 Å². The van der Waals surface area contributed by atoms with Crippen LogP contribution in [0.1, 0.15) is 10.4 Å². The average molecular weight is 243 g/mol. The molecule has 0 spiro atoms. The minimum atomic E-state index is 0.683. The second-order valence-corrected chi connectivity index (χ2v) is 4.94. The highest BCUT2D eigenvalue weighted by Gasteiger charge is 2.08. The summed E-state index contributed by atoms with van der Waals surface area (Å²) >= 11 is 9.27. The van der Waals surface area contributed by atoms with E-state index < -0.39 is 0 Å². The summed E-state index contributed by atoms with van der Waals surface area (Å²) in [4.78, 5) is 11.8. The molecule has 0 atom stereocenters. The van der Waals surface area contributed by atoms with Crippen LogP contribution >= 0.6 is 34.7 Å². The number of hydrogen-bond acceptors (Lipinski definition) is 3. The number of thioether (sulfide) groups is 1. The first-order valence-corrected chi connectivity index (χ1v) is 6.44. The van der Waals surface area contributed by atoms with E-state index in [4.69, 9.17) is 11.6 Å². The van der Waals surface area contributed by atoms with E-state index in [1.54, 1.807) is 23.1 Å². The smallest absolute Gasteiger partial charge is 0.150 e. The highest BCUT2D eigenvalue weighted by molar-refractivity contribution is 7.99. The lowest BCUT2D eigenvalue weighted by atomic mass is 10.2. The molecule has 0 saturated heterocycles. The first-order chi connectivity index (χ1) is 6.76. The van der Waals surface area contributed by atoms with Gasteiger partial charge in [-0.05, 0) is 18.4 Å². The molecule has 1 aromatic heterocycles. The minimum Gasteiger partial charge on any atom is -0.298 e. The number of halogens is 1. The van der Waals surface area contributed by atoms with Gasteiger partial charge >= 0.3 is 0 Å². The summed E-state index contributed by atoms with van der Waals surface area (Å²) in [6.45, 7) is 0. The fourth-order valence-electron chi connectivity index (χ4n) is 1.32. The van der Waals surface area contributed by atoms with Gasteiger partial charge in [-0.15, -0.1) is 23.1 Å². The van der Waals surface area contributed by atoms with Gasteiger partial charge in [0.25, 0.3) is 0 Å². The van der Waals surface area contributed by atoms with Crippen LogP contribution in [0.25, 0.3) is 10.1 Å². The van der Waals surface area contributed by atoms with E-state index in [0.29, 0.717) is 5.56 Å². The number of carbonyl (C=O) groups is 1. The van der Waals surface area contributed by atoms with E-state index in [-0.39, 0.29) is 0 Å². The maximum absolute atomic E-state index is 10.7. The first kappa shape index (κ1) is 10.0. The molecule has 72 valence electrons. The second kappa shape index (κ2) is 3.93. The Bertz CT molecular complexity index is 490. The lowest BCUT2D eigenvalue weighted by molar-refractivity contribution is 0.112. The number of aldehydes is 1. The van der Waals surface area contributed by atoms with Crippen molar-refractivity contribution in [2.75, 3.05) is 6.26 Å². The predicted molar refractivity (Wildman–Crippen MR) is 64.0 cm³/mol. The Morgan fingerprint density at radius 3 is 2.93 bits per heavy atom. The van der Waals surface area contributed by atoms with E-state index in [1.165, 1.54) is 0 Å². The van der Waals surface area contributed by atoms with Gasteiger partial charge in [0.15, 0.2) is 0 Å².